The van der Waals surface area contributed by atoms with E-state index in [4.69, 9.17) is 5.11 Å². The first-order chi connectivity index (χ1) is 6.30. The molecule has 0 spiro atoms. The minimum absolute atomic E-state index is 0.457. The van der Waals surface area contributed by atoms with Crippen LogP contribution in [0.2, 0.25) is 0 Å². The van der Waals surface area contributed by atoms with Gasteiger partial charge in [-0.25, -0.2) is 9.18 Å². The van der Waals surface area contributed by atoms with Gasteiger partial charge in [0.15, 0.2) is 0 Å². The summed E-state index contributed by atoms with van der Waals surface area (Å²) < 4.78 is 49.0. The van der Waals surface area contributed by atoms with Crippen molar-refractivity contribution in [2.75, 3.05) is 0 Å². The van der Waals surface area contributed by atoms with Crippen LogP contribution in [0.5, 0.6) is 0 Å². The monoisotopic (exact) mass is 210 g/mol. The van der Waals surface area contributed by atoms with Gasteiger partial charge in [0, 0.05) is 12.0 Å². The predicted molar refractivity (Wildman–Crippen MR) is 39.4 cm³/mol. The van der Waals surface area contributed by atoms with E-state index in [1.54, 1.807) is 0 Å². The SMILES string of the molecule is O=C(O)C1=CC(F)CC(C(F)(F)F)=C1. The van der Waals surface area contributed by atoms with Crippen molar-refractivity contribution in [3.8, 4) is 0 Å². The van der Waals surface area contributed by atoms with Crippen LogP contribution < -0.4 is 0 Å². The lowest BCUT2D eigenvalue weighted by Crippen LogP contribution is -2.20. The molecule has 0 heterocycles. The van der Waals surface area contributed by atoms with Crippen molar-refractivity contribution < 1.29 is 27.5 Å². The van der Waals surface area contributed by atoms with Crippen LogP contribution in [-0.2, 0) is 4.79 Å². The summed E-state index contributed by atoms with van der Waals surface area (Å²) in [7, 11) is 0. The van der Waals surface area contributed by atoms with Gasteiger partial charge in [-0.15, -0.1) is 0 Å². The van der Waals surface area contributed by atoms with E-state index in [-0.39, 0.29) is 0 Å². The Morgan fingerprint density at radius 3 is 2.50 bits per heavy atom. The molecule has 0 fully saturated rings. The number of carboxylic acid groups (broad SMARTS) is 1. The van der Waals surface area contributed by atoms with Crippen LogP contribution in [0.15, 0.2) is 23.3 Å². The minimum atomic E-state index is -4.67. The molecule has 0 saturated carbocycles. The van der Waals surface area contributed by atoms with Crippen LogP contribution in [0.25, 0.3) is 0 Å². The summed E-state index contributed by atoms with van der Waals surface area (Å²) in [6, 6.07) is 0. The van der Waals surface area contributed by atoms with Crippen LogP contribution in [0.4, 0.5) is 17.6 Å². The highest BCUT2D eigenvalue weighted by molar-refractivity contribution is 5.90. The number of halogens is 4. The van der Waals surface area contributed by atoms with Crippen molar-refractivity contribution in [1.29, 1.82) is 0 Å². The van der Waals surface area contributed by atoms with E-state index in [2.05, 4.69) is 0 Å². The Bertz CT molecular complexity index is 314. The van der Waals surface area contributed by atoms with Gasteiger partial charge >= 0.3 is 12.1 Å². The van der Waals surface area contributed by atoms with Crippen molar-refractivity contribution >= 4 is 5.97 Å². The zero-order valence-corrected chi connectivity index (χ0v) is 6.81. The second-order valence-electron chi connectivity index (χ2n) is 2.81. The molecule has 1 aliphatic rings. The Hall–Kier alpha value is -1.33. The van der Waals surface area contributed by atoms with E-state index in [9.17, 15) is 22.4 Å². The topological polar surface area (TPSA) is 37.3 Å². The molecular weight excluding hydrogens is 204 g/mol. The van der Waals surface area contributed by atoms with Crippen LogP contribution in [0.3, 0.4) is 0 Å². The lowest BCUT2D eigenvalue weighted by atomic mass is 9.98. The van der Waals surface area contributed by atoms with Gasteiger partial charge in [-0.2, -0.15) is 13.2 Å². The van der Waals surface area contributed by atoms with Gasteiger partial charge in [0.1, 0.15) is 6.17 Å². The molecule has 1 unspecified atom stereocenters. The maximum absolute atomic E-state index is 12.7. The molecule has 0 aromatic heterocycles. The van der Waals surface area contributed by atoms with Gasteiger partial charge in [0.05, 0.1) is 5.57 Å². The molecule has 6 heteroatoms. The highest BCUT2D eigenvalue weighted by Gasteiger charge is 2.37. The smallest absolute Gasteiger partial charge is 0.412 e. The molecule has 0 saturated heterocycles. The molecule has 0 bridgehead atoms. The molecule has 2 nitrogen and oxygen atoms in total. The van der Waals surface area contributed by atoms with Gasteiger partial charge in [0.2, 0.25) is 0 Å². The average Bonchev–Trinajstić information content (AvgIpc) is 2.01. The lowest BCUT2D eigenvalue weighted by molar-refractivity contribution is -0.132. The van der Waals surface area contributed by atoms with E-state index >= 15 is 0 Å². The summed E-state index contributed by atoms with van der Waals surface area (Å²) >= 11 is 0. The lowest BCUT2D eigenvalue weighted by Gasteiger charge is -2.17. The second kappa shape index (κ2) is 3.43. The van der Waals surface area contributed by atoms with Crippen LogP contribution in [-0.4, -0.2) is 23.4 Å². The number of allylic oxidation sites excluding steroid dienone is 2. The van der Waals surface area contributed by atoms with Crippen molar-refractivity contribution in [1.82, 2.24) is 0 Å². The van der Waals surface area contributed by atoms with Crippen LogP contribution in [0, 0.1) is 0 Å². The first-order valence-electron chi connectivity index (χ1n) is 3.67. The fraction of sp³-hybridized carbons (Fsp3) is 0.375. The number of carboxylic acids is 1. The molecule has 0 amide bonds. The zero-order chi connectivity index (χ0) is 10.9. The fourth-order valence-electron chi connectivity index (χ4n) is 1.09. The molecular formula is C8H6F4O2. The van der Waals surface area contributed by atoms with Gasteiger partial charge in [0.25, 0.3) is 0 Å². The number of carbonyl (C=O) groups is 1. The highest BCUT2D eigenvalue weighted by Crippen LogP contribution is 2.33. The molecule has 0 aromatic carbocycles. The van der Waals surface area contributed by atoms with Gasteiger partial charge in [-0.1, -0.05) is 0 Å². The molecule has 14 heavy (non-hydrogen) atoms. The molecule has 1 atom stereocenters. The fourth-order valence-corrected chi connectivity index (χ4v) is 1.09. The Kier molecular flexibility index (Phi) is 2.64. The zero-order valence-electron chi connectivity index (χ0n) is 6.81. The summed E-state index contributed by atoms with van der Waals surface area (Å²) in [6.07, 6.45) is -6.25. The first-order valence-corrected chi connectivity index (χ1v) is 3.67. The highest BCUT2D eigenvalue weighted by atomic mass is 19.4. The average molecular weight is 210 g/mol. The molecule has 0 aromatic rings. The number of hydrogen-bond acceptors (Lipinski definition) is 1. The van der Waals surface area contributed by atoms with Crippen molar-refractivity contribution in [3.05, 3.63) is 23.3 Å². The quantitative estimate of drug-likeness (QED) is 0.674. The summed E-state index contributed by atoms with van der Waals surface area (Å²) in [5.74, 6) is -1.56. The van der Waals surface area contributed by atoms with E-state index < -0.39 is 35.9 Å². The maximum atomic E-state index is 12.7. The molecule has 1 N–H and O–H groups in total. The van der Waals surface area contributed by atoms with Crippen LogP contribution >= 0.6 is 0 Å². The molecule has 78 valence electrons. The summed E-state index contributed by atoms with van der Waals surface area (Å²) in [5.41, 5.74) is -1.80. The van der Waals surface area contributed by atoms with Crippen molar-refractivity contribution in [2.45, 2.75) is 18.8 Å². The van der Waals surface area contributed by atoms with Crippen molar-refractivity contribution in [2.24, 2.45) is 0 Å². The molecule has 1 aliphatic carbocycles. The van der Waals surface area contributed by atoms with E-state index in [0.717, 1.165) is 0 Å². The number of aliphatic carboxylic acids is 1. The number of alkyl halides is 4. The minimum Gasteiger partial charge on any atom is -0.478 e. The summed E-state index contributed by atoms with van der Waals surface area (Å²) in [5, 5.41) is 8.39. The number of rotatable bonds is 1. The third-order valence-electron chi connectivity index (χ3n) is 1.72. The maximum Gasteiger partial charge on any atom is 0.412 e. The Morgan fingerprint density at radius 2 is 2.07 bits per heavy atom. The molecule has 0 aliphatic heterocycles. The van der Waals surface area contributed by atoms with E-state index in [0.29, 0.717) is 12.2 Å². The molecule has 0 radical (unpaired) electrons. The van der Waals surface area contributed by atoms with E-state index in [1.807, 2.05) is 0 Å². The van der Waals surface area contributed by atoms with Crippen LogP contribution in [0.1, 0.15) is 6.42 Å². The van der Waals surface area contributed by atoms with Crippen molar-refractivity contribution in [3.63, 3.8) is 0 Å². The van der Waals surface area contributed by atoms with Gasteiger partial charge < -0.3 is 5.11 Å². The standard InChI is InChI=1S/C8H6F4O2/c9-6-2-4(7(13)14)1-5(3-6)8(10,11)12/h1-2,6H,3H2,(H,13,14). The Morgan fingerprint density at radius 1 is 1.50 bits per heavy atom. The Labute approximate surface area is 76.5 Å². The first kappa shape index (κ1) is 10.7. The molecule has 1 rings (SSSR count). The largest absolute Gasteiger partial charge is 0.478 e. The summed E-state index contributed by atoms with van der Waals surface area (Å²) in [6.45, 7) is 0. The second-order valence-corrected chi connectivity index (χ2v) is 2.81. The predicted octanol–water partition coefficient (Wildman–Crippen LogP) is 2.23. The van der Waals surface area contributed by atoms with Gasteiger partial charge in [-0.05, 0) is 12.2 Å². The third-order valence-corrected chi connectivity index (χ3v) is 1.72. The normalized spacial score (nSPS) is 22.7. The summed E-state index contributed by atoms with van der Waals surface area (Å²) in [4.78, 5) is 10.3. The van der Waals surface area contributed by atoms with E-state index in [1.165, 1.54) is 0 Å². The third kappa shape index (κ3) is 2.34. The Balaban J connectivity index is 3.01. The van der Waals surface area contributed by atoms with Gasteiger partial charge in [-0.3, -0.25) is 0 Å². The number of hydrogen-bond donors (Lipinski definition) is 1.